The number of amidine groups is 1. The minimum absolute atomic E-state index is 0.215. The number of carbonyl (C=O) groups excluding carboxylic acids is 1. The fourth-order valence-corrected chi connectivity index (χ4v) is 2.67. The molecule has 0 atom stereocenters. The molecule has 0 spiro atoms. The maximum absolute atomic E-state index is 10.9. The third-order valence-corrected chi connectivity index (χ3v) is 4.09. The van der Waals surface area contributed by atoms with Crippen LogP contribution in [0.3, 0.4) is 0 Å². The molecule has 0 aliphatic carbocycles. The first-order valence-electron chi connectivity index (χ1n) is 8.29. The van der Waals surface area contributed by atoms with E-state index in [2.05, 4.69) is 10.2 Å². The lowest BCUT2D eigenvalue weighted by Gasteiger charge is -2.11. The van der Waals surface area contributed by atoms with Gasteiger partial charge in [-0.05, 0) is 36.2 Å². The average Bonchev–Trinajstić information content (AvgIpc) is 2.67. The predicted octanol–water partition coefficient (Wildman–Crippen LogP) is 2.53. The van der Waals surface area contributed by atoms with Crippen molar-refractivity contribution in [3.8, 4) is 11.5 Å². The Labute approximate surface area is 162 Å². The molecular weight excluding hydrogens is 364 g/mol. The Balaban J connectivity index is 1.98. The van der Waals surface area contributed by atoms with E-state index in [0.29, 0.717) is 23.3 Å². The molecule has 0 aromatic heterocycles. The maximum Gasteiger partial charge on any atom is 0.255 e. The van der Waals surface area contributed by atoms with E-state index in [1.807, 2.05) is 37.3 Å². The van der Waals surface area contributed by atoms with E-state index >= 15 is 0 Å². The number of thioether (sulfide) groups is 1. The predicted molar refractivity (Wildman–Crippen MR) is 109 cm³/mol. The molecule has 1 amide bonds. The zero-order chi connectivity index (χ0) is 19.5. The third-order valence-electron chi connectivity index (χ3n) is 3.23. The van der Waals surface area contributed by atoms with Gasteiger partial charge in [-0.2, -0.15) is 5.10 Å². The lowest BCUT2D eigenvalue weighted by molar-refractivity contribution is -0.119. The maximum atomic E-state index is 10.9. The van der Waals surface area contributed by atoms with E-state index in [-0.39, 0.29) is 6.61 Å². The zero-order valence-corrected chi connectivity index (χ0v) is 15.8. The second kappa shape index (κ2) is 10.9. The molecule has 2 aromatic rings. The first-order chi connectivity index (χ1) is 13.1. The van der Waals surface area contributed by atoms with Gasteiger partial charge in [-0.15, -0.1) is 5.10 Å². The number of amides is 1. The highest BCUT2D eigenvalue weighted by Gasteiger charge is 2.07. The number of rotatable bonds is 9. The van der Waals surface area contributed by atoms with Crippen molar-refractivity contribution in [3.63, 3.8) is 0 Å². The van der Waals surface area contributed by atoms with Crippen molar-refractivity contribution >= 4 is 29.1 Å². The van der Waals surface area contributed by atoms with E-state index in [0.717, 1.165) is 16.9 Å². The average molecular weight is 386 g/mol. The fraction of sp³-hybridized carbons (Fsp3) is 0.211. The number of benzene rings is 2. The molecule has 7 nitrogen and oxygen atoms in total. The summed E-state index contributed by atoms with van der Waals surface area (Å²) in [7, 11) is 0. The lowest BCUT2D eigenvalue weighted by Crippen LogP contribution is -2.20. The highest BCUT2D eigenvalue weighted by Crippen LogP contribution is 2.28. The first-order valence-corrected chi connectivity index (χ1v) is 9.28. The number of primary amides is 1. The minimum Gasteiger partial charge on any atom is -0.490 e. The van der Waals surface area contributed by atoms with Gasteiger partial charge in [-0.1, -0.05) is 42.1 Å². The summed E-state index contributed by atoms with van der Waals surface area (Å²) in [6.45, 7) is 2.09. The molecule has 0 aliphatic rings. The van der Waals surface area contributed by atoms with Crippen molar-refractivity contribution in [2.45, 2.75) is 12.7 Å². The molecule has 0 unspecified atom stereocenters. The van der Waals surface area contributed by atoms with E-state index < -0.39 is 5.91 Å². The number of hydrogen-bond acceptors (Lipinski definition) is 6. The molecule has 2 rings (SSSR count). The Hall–Kier alpha value is -3.00. The van der Waals surface area contributed by atoms with Crippen LogP contribution in [-0.4, -0.2) is 30.5 Å². The van der Waals surface area contributed by atoms with Crippen LogP contribution < -0.4 is 20.9 Å². The first kappa shape index (κ1) is 20.3. The van der Waals surface area contributed by atoms with Gasteiger partial charge < -0.3 is 20.9 Å². The molecule has 0 radical (unpaired) electrons. The Morgan fingerprint density at radius 1 is 1.11 bits per heavy atom. The van der Waals surface area contributed by atoms with Crippen molar-refractivity contribution in [2.75, 3.05) is 13.2 Å². The summed E-state index contributed by atoms with van der Waals surface area (Å²) in [4.78, 5) is 10.9. The molecule has 0 aliphatic heterocycles. The van der Waals surface area contributed by atoms with Gasteiger partial charge in [0.2, 0.25) is 0 Å². The minimum atomic E-state index is -0.555. The van der Waals surface area contributed by atoms with Gasteiger partial charge in [0.25, 0.3) is 5.91 Å². The van der Waals surface area contributed by atoms with Crippen molar-refractivity contribution in [1.29, 1.82) is 0 Å². The van der Waals surface area contributed by atoms with Crippen LogP contribution in [0.4, 0.5) is 0 Å². The van der Waals surface area contributed by atoms with Gasteiger partial charge >= 0.3 is 0 Å². The van der Waals surface area contributed by atoms with Crippen LogP contribution in [0.2, 0.25) is 0 Å². The van der Waals surface area contributed by atoms with Gasteiger partial charge in [0.1, 0.15) is 0 Å². The summed E-state index contributed by atoms with van der Waals surface area (Å²) < 4.78 is 10.8. The Kier molecular flexibility index (Phi) is 8.18. The van der Waals surface area contributed by atoms with Crippen LogP contribution in [0, 0.1) is 0 Å². The molecule has 27 heavy (non-hydrogen) atoms. The summed E-state index contributed by atoms with van der Waals surface area (Å²) in [5.41, 5.74) is 12.9. The molecule has 4 N–H and O–H groups in total. The van der Waals surface area contributed by atoms with Crippen LogP contribution in [-0.2, 0) is 10.5 Å². The van der Waals surface area contributed by atoms with Gasteiger partial charge in [0.05, 0.1) is 12.8 Å². The number of hydrogen-bond donors (Lipinski definition) is 2. The van der Waals surface area contributed by atoms with Gasteiger partial charge in [0.15, 0.2) is 23.3 Å². The highest BCUT2D eigenvalue weighted by molar-refractivity contribution is 8.13. The van der Waals surface area contributed by atoms with E-state index in [4.69, 9.17) is 20.9 Å². The number of nitrogens with two attached hydrogens (primary N) is 2. The number of nitrogens with zero attached hydrogens (tertiary/aromatic N) is 2. The van der Waals surface area contributed by atoms with Crippen LogP contribution >= 0.6 is 11.8 Å². The smallest absolute Gasteiger partial charge is 0.255 e. The Bertz CT molecular complexity index is 810. The molecule has 0 bridgehead atoms. The van der Waals surface area contributed by atoms with E-state index in [1.54, 1.807) is 24.4 Å². The van der Waals surface area contributed by atoms with Gasteiger partial charge in [-0.25, -0.2) is 0 Å². The van der Waals surface area contributed by atoms with Crippen LogP contribution in [0.25, 0.3) is 0 Å². The van der Waals surface area contributed by atoms with Crippen molar-refractivity contribution in [3.05, 3.63) is 59.7 Å². The molecule has 0 saturated carbocycles. The molecule has 0 heterocycles. The second-order valence-corrected chi connectivity index (χ2v) is 6.35. The quantitative estimate of drug-likeness (QED) is 0.391. The molecule has 142 valence electrons. The number of ether oxygens (including phenoxy) is 2. The summed E-state index contributed by atoms with van der Waals surface area (Å²) >= 11 is 1.41. The van der Waals surface area contributed by atoms with Crippen molar-refractivity contribution in [1.82, 2.24) is 0 Å². The normalized spacial score (nSPS) is 11.5. The van der Waals surface area contributed by atoms with Gasteiger partial charge in [0, 0.05) is 5.75 Å². The number of carbonyl (C=O) groups is 1. The summed E-state index contributed by atoms with van der Waals surface area (Å²) in [5, 5.41) is 8.37. The Morgan fingerprint density at radius 3 is 2.59 bits per heavy atom. The standard InChI is InChI=1S/C19H22N4O3S/c1-2-25-17-10-15(8-9-16(17)26-12-18(20)24)11-22-23-19(21)27-13-14-6-4-3-5-7-14/h3-11H,2,12-13H2,1H3,(H2,20,24)(H2,21,23). The topological polar surface area (TPSA) is 112 Å². The monoisotopic (exact) mass is 386 g/mol. The summed E-state index contributed by atoms with van der Waals surface area (Å²) in [6.07, 6.45) is 1.57. The molecule has 8 heteroatoms. The van der Waals surface area contributed by atoms with E-state index in [1.165, 1.54) is 11.8 Å². The fourth-order valence-electron chi connectivity index (χ4n) is 2.05. The lowest BCUT2D eigenvalue weighted by atomic mass is 10.2. The van der Waals surface area contributed by atoms with E-state index in [9.17, 15) is 4.79 Å². The van der Waals surface area contributed by atoms with Gasteiger partial charge in [-0.3, -0.25) is 4.79 Å². The zero-order valence-electron chi connectivity index (χ0n) is 15.0. The van der Waals surface area contributed by atoms with Crippen LogP contribution in [0.15, 0.2) is 58.7 Å². The Morgan fingerprint density at radius 2 is 1.89 bits per heavy atom. The highest BCUT2D eigenvalue weighted by atomic mass is 32.2. The third kappa shape index (κ3) is 7.41. The molecule has 0 saturated heterocycles. The molecule has 0 fully saturated rings. The largest absolute Gasteiger partial charge is 0.490 e. The van der Waals surface area contributed by atoms with Crippen LogP contribution in [0.1, 0.15) is 18.1 Å². The summed E-state index contributed by atoms with van der Waals surface area (Å²) in [5.74, 6) is 1.11. The molecule has 2 aromatic carbocycles. The second-order valence-electron chi connectivity index (χ2n) is 5.35. The summed E-state index contributed by atoms with van der Waals surface area (Å²) in [6, 6.07) is 15.2. The van der Waals surface area contributed by atoms with Crippen molar-refractivity contribution in [2.24, 2.45) is 21.7 Å². The molecular formula is C19H22N4O3S. The van der Waals surface area contributed by atoms with Crippen molar-refractivity contribution < 1.29 is 14.3 Å². The van der Waals surface area contributed by atoms with Crippen LogP contribution in [0.5, 0.6) is 11.5 Å². The SMILES string of the molecule is CCOc1cc(C=NN=C(N)SCc2ccccc2)ccc1OCC(N)=O.